The Hall–Kier alpha value is -0.120. The van der Waals surface area contributed by atoms with Crippen LogP contribution < -0.4 is 0 Å². The Morgan fingerprint density at radius 3 is 2.44 bits per heavy atom. The second-order valence-corrected chi connectivity index (χ2v) is 7.67. The topological polar surface area (TPSA) is 53.0 Å². The Kier molecular flexibility index (Phi) is 2.51. The van der Waals surface area contributed by atoms with E-state index >= 15 is 0 Å². The molecule has 0 aromatic carbocycles. The third-order valence-electron chi connectivity index (χ3n) is 6.07. The highest BCUT2D eigenvalue weighted by molar-refractivity contribution is 5.16. The molecule has 6 atom stereocenters. The van der Waals surface area contributed by atoms with Gasteiger partial charge in [0.1, 0.15) is 0 Å². The lowest BCUT2D eigenvalue weighted by molar-refractivity contribution is -0.116. The van der Waals surface area contributed by atoms with Gasteiger partial charge < -0.3 is 14.9 Å². The average molecular weight is 254 g/mol. The van der Waals surface area contributed by atoms with E-state index < -0.39 is 11.7 Å². The van der Waals surface area contributed by atoms with Gasteiger partial charge in [-0.2, -0.15) is 0 Å². The summed E-state index contributed by atoms with van der Waals surface area (Å²) in [5.74, 6) is 0.195. The summed E-state index contributed by atoms with van der Waals surface area (Å²) in [7, 11) is 0. The van der Waals surface area contributed by atoms with E-state index in [1.807, 2.05) is 0 Å². The third-order valence-corrected chi connectivity index (χ3v) is 6.07. The molecule has 1 saturated heterocycles. The van der Waals surface area contributed by atoms with Gasteiger partial charge in [0.25, 0.3) is 0 Å². The van der Waals surface area contributed by atoms with Crippen LogP contribution in [0.25, 0.3) is 0 Å². The summed E-state index contributed by atoms with van der Waals surface area (Å²) in [6, 6.07) is 0. The van der Waals surface area contributed by atoms with Gasteiger partial charge in [0.2, 0.25) is 0 Å². The van der Waals surface area contributed by atoms with E-state index in [2.05, 4.69) is 27.7 Å². The highest BCUT2D eigenvalue weighted by Gasteiger charge is 2.66. The second-order valence-electron chi connectivity index (χ2n) is 7.67. The van der Waals surface area contributed by atoms with Crippen LogP contribution >= 0.6 is 0 Å². The number of hydrogen-bond donors (Lipinski definition) is 2. The van der Waals surface area contributed by atoms with E-state index in [1.54, 1.807) is 0 Å². The standard InChI is InChI=1S/C15H26O3/c1-9(2)15(17)6-5-13(3)8-11-14(4,18-11)7-10(16)12(13)15/h9-12,16-17H,5-8H2,1-4H3/t10-,11-,12?,13+,14+,15+/m0/s1. The molecule has 3 aliphatic rings. The van der Waals surface area contributed by atoms with Crippen molar-refractivity contribution >= 4 is 0 Å². The Bertz CT molecular complexity index is 369. The molecule has 3 rings (SSSR count). The van der Waals surface area contributed by atoms with Crippen LogP contribution in [0.4, 0.5) is 0 Å². The molecule has 3 heteroatoms. The summed E-state index contributed by atoms with van der Waals surface area (Å²) >= 11 is 0. The van der Waals surface area contributed by atoms with Crippen molar-refractivity contribution in [1.29, 1.82) is 0 Å². The van der Waals surface area contributed by atoms with Crippen LogP contribution in [-0.4, -0.2) is 33.6 Å². The van der Waals surface area contributed by atoms with Gasteiger partial charge in [-0.25, -0.2) is 0 Å². The first-order valence-corrected chi connectivity index (χ1v) is 7.30. The van der Waals surface area contributed by atoms with Gasteiger partial charge in [-0.05, 0) is 37.5 Å². The Balaban J connectivity index is 1.97. The van der Waals surface area contributed by atoms with Crippen molar-refractivity contribution in [3.05, 3.63) is 0 Å². The normalized spacial score (nSPS) is 59.2. The molecule has 0 bridgehead atoms. The summed E-state index contributed by atoms with van der Waals surface area (Å²) in [5, 5.41) is 21.6. The predicted molar refractivity (Wildman–Crippen MR) is 69.1 cm³/mol. The van der Waals surface area contributed by atoms with Crippen LogP contribution in [0.2, 0.25) is 0 Å². The minimum Gasteiger partial charge on any atom is -0.393 e. The largest absolute Gasteiger partial charge is 0.393 e. The molecule has 0 amide bonds. The molecule has 2 saturated carbocycles. The Labute approximate surface area is 110 Å². The summed E-state index contributed by atoms with van der Waals surface area (Å²) in [6.45, 7) is 8.47. The first-order chi connectivity index (χ1) is 8.21. The van der Waals surface area contributed by atoms with E-state index in [4.69, 9.17) is 4.74 Å². The fourth-order valence-corrected chi connectivity index (χ4v) is 4.76. The molecule has 2 aliphatic carbocycles. The molecule has 0 aromatic rings. The number of aliphatic hydroxyl groups excluding tert-OH is 1. The minimum absolute atomic E-state index is 0.00164. The van der Waals surface area contributed by atoms with Crippen LogP contribution in [0.3, 0.4) is 0 Å². The minimum atomic E-state index is -0.707. The van der Waals surface area contributed by atoms with Gasteiger partial charge in [0, 0.05) is 12.3 Å². The smallest absolute Gasteiger partial charge is 0.0945 e. The maximum atomic E-state index is 11.0. The molecule has 0 radical (unpaired) electrons. The maximum Gasteiger partial charge on any atom is 0.0945 e. The van der Waals surface area contributed by atoms with Crippen molar-refractivity contribution in [2.75, 3.05) is 0 Å². The van der Waals surface area contributed by atoms with Crippen LogP contribution in [0.5, 0.6) is 0 Å². The molecule has 1 heterocycles. The number of hydrogen-bond acceptors (Lipinski definition) is 3. The molecule has 2 N–H and O–H groups in total. The molecule has 0 aromatic heterocycles. The van der Waals surface area contributed by atoms with Crippen LogP contribution in [0.15, 0.2) is 0 Å². The molecule has 3 fully saturated rings. The first kappa shape index (κ1) is 12.9. The van der Waals surface area contributed by atoms with Crippen molar-refractivity contribution in [3.8, 4) is 0 Å². The van der Waals surface area contributed by atoms with Gasteiger partial charge in [0.15, 0.2) is 0 Å². The average Bonchev–Trinajstić information content (AvgIpc) is 2.74. The summed E-state index contributed by atoms with van der Waals surface area (Å²) in [4.78, 5) is 0. The third kappa shape index (κ3) is 1.53. The van der Waals surface area contributed by atoms with E-state index in [0.717, 1.165) is 19.3 Å². The molecule has 18 heavy (non-hydrogen) atoms. The fourth-order valence-electron chi connectivity index (χ4n) is 4.76. The van der Waals surface area contributed by atoms with Crippen LogP contribution in [-0.2, 0) is 4.74 Å². The zero-order valence-electron chi connectivity index (χ0n) is 11.9. The number of epoxide rings is 1. The zero-order chi connectivity index (χ0) is 13.3. The molecule has 1 aliphatic heterocycles. The number of fused-ring (bicyclic) bond motifs is 2. The monoisotopic (exact) mass is 254 g/mol. The molecule has 0 spiro atoms. The number of aliphatic hydroxyl groups is 2. The van der Waals surface area contributed by atoms with Gasteiger partial charge >= 0.3 is 0 Å². The lowest BCUT2D eigenvalue weighted by Gasteiger charge is -2.42. The van der Waals surface area contributed by atoms with E-state index in [1.165, 1.54) is 0 Å². The maximum absolute atomic E-state index is 11.0. The molecular formula is C15H26O3. The number of rotatable bonds is 1. The highest BCUT2D eigenvalue weighted by atomic mass is 16.6. The molecule has 3 nitrogen and oxygen atoms in total. The molecule has 104 valence electrons. The highest BCUT2D eigenvalue weighted by Crippen LogP contribution is 2.62. The van der Waals surface area contributed by atoms with Crippen molar-refractivity contribution in [2.45, 2.75) is 76.8 Å². The first-order valence-electron chi connectivity index (χ1n) is 7.30. The summed E-state index contributed by atoms with van der Waals surface area (Å²) in [6.07, 6.45) is 3.32. The summed E-state index contributed by atoms with van der Waals surface area (Å²) < 4.78 is 5.78. The Morgan fingerprint density at radius 2 is 1.83 bits per heavy atom. The van der Waals surface area contributed by atoms with Gasteiger partial charge in [-0.15, -0.1) is 0 Å². The van der Waals surface area contributed by atoms with Crippen molar-refractivity contribution in [3.63, 3.8) is 0 Å². The van der Waals surface area contributed by atoms with E-state index in [9.17, 15) is 10.2 Å². The number of ether oxygens (including phenoxy) is 1. The predicted octanol–water partition coefficient (Wildman–Crippen LogP) is 2.10. The molecule has 1 unspecified atom stereocenters. The van der Waals surface area contributed by atoms with Crippen LogP contribution in [0.1, 0.15) is 53.4 Å². The van der Waals surface area contributed by atoms with E-state index in [0.29, 0.717) is 6.42 Å². The fraction of sp³-hybridized carbons (Fsp3) is 1.00. The lowest BCUT2D eigenvalue weighted by atomic mass is 9.68. The van der Waals surface area contributed by atoms with Crippen molar-refractivity contribution < 1.29 is 14.9 Å². The SMILES string of the molecule is CC(C)[C@]1(O)CC[C@]2(C)C[C@@H]3O[C@]3(C)C[C@H](O)C21. The van der Waals surface area contributed by atoms with Gasteiger partial charge in [-0.3, -0.25) is 0 Å². The van der Waals surface area contributed by atoms with Crippen molar-refractivity contribution in [1.82, 2.24) is 0 Å². The summed E-state index contributed by atoms with van der Waals surface area (Å²) in [5.41, 5.74) is -0.816. The lowest BCUT2D eigenvalue weighted by Crippen LogP contribution is -2.49. The van der Waals surface area contributed by atoms with E-state index in [-0.39, 0.29) is 29.0 Å². The van der Waals surface area contributed by atoms with Crippen LogP contribution in [0, 0.1) is 17.3 Å². The van der Waals surface area contributed by atoms with Gasteiger partial charge in [-0.1, -0.05) is 20.8 Å². The van der Waals surface area contributed by atoms with Gasteiger partial charge in [0.05, 0.1) is 23.4 Å². The Morgan fingerprint density at radius 1 is 1.17 bits per heavy atom. The van der Waals surface area contributed by atoms with Crippen molar-refractivity contribution in [2.24, 2.45) is 17.3 Å². The zero-order valence-corrected chi connectivity index (χ0v) is 11.9. The molecular weight excluding hydrogens is 228 g/mol. The quantitative estimate of drug-likeness (QED) is 0.705. The second kappa shape index (κ2) is 3.50.